The molecule has 8 heteroatoms. The fourth-order valence-corrected chi connectivity index (χ4v) is 7.98. The number of halogens is 1. The molecule has 1 fully saturated rings. The third kappa shape index (κ3) is 7.05. The van der Waals surface area contributed by atoms with Crippen molar-refractivity contribution in [2.75, 3.05) is 0 Å². The van der Waals surface area contributed by atoms with Crippen molar-refractivity contribution in [3.63, 3.8) is 0 Å². The molecule has 4 aromatic carbocycles. The third-order valence-corrected chi connectivity index (χ3v) is 10.9. The topological polar surface area (TPSA) is 73.6 Å². The summed E-state index contributed by atoms with van der Waals surface area (Å²) in [5.41, 5.74) is 6.67. The summed E-state index contributed by atoms with van der Waals surface area (Å²) in [6, 6.07) is 28.4. The van der Waals surface area contributed by atoms with E-state index in [2.05, 4.69) is 36.4 Å². The normalized spacial score (nSPS) is 16.0. The Morgan fingerprint density at radius 3 is 2.44 bits per heavy atom. The quantitative estimate of drug-likeness (QED) is 0.153. The van der Waals surface area contributed by atoms with Gasteiger partial charge in [0, 0.05) is 5.56 Å². The van der Waals surface area contributed by atoms with Crippen molar-refractivity contribution in [2.45, 2.75) is 77.9 Å². The first-order chi connectivity index (χ1) is 21.7. The largest absolute Gasteiger partial charge is 0.425 e. The van der Waals surface area contributed by atoms with Crippen molar-refractivity contribution in [3.8, 4) is 22.9 Å². The van der Waals surface area contributed by atoms with Crippen LogP contribution >= 0.6 is 19.2 Å². The summed E-state index contributed by atoms with van der Waals surface area (Å²) in [5, 5.41) is 0.850. The summed E-state index contributed by atoms with van der Waals surface area (Å²) in [4.78, 5) is 15.7. The molecule has 1 aliphatic rings. The molecule has 1 heterocycles. The number of hydrogen-bond acceptors (Lipinski definition) is 4. The van der Waals surface area contributed by atoms with Gasteiger partial charge in [0.05, 0.1) is 34.0 Å². The van der Waals surface area contributed by atoms with Gasteiger partial charge in [0.25, 0.3) is 0 Å². The van der Waals surface area contributed by atoms with Gasteiger partial charge in [-0.2, -0.15) is 4.98 Å². The Hall–Kier alpha value is -3.41. The summed E-state index contributed by atoms with van der Waals surface area (Å²) in [7, 11) is -4.07. The van der Waals surface area contributed by atoms with Crippen molar-refractivity contribution < 1.29 is 18.7 Å². The van der Waals surface area contributed by atoms with Crippen LogP contribution in [0.15, 0.2) is 84.9 Å². The van der Waals surface area contributed by atoms with E-state index >= 15 is 0 Å². The number of hydrogen-bond donors (Lipinski definition) is 1. The minimum absolute atomic E-state index is 0.216. The number of benzene rings is 4. The molecule has 1 saturated carbocycles. The number of aryl methyl sites for hydroxylation is 1. The molecule has 2 unspecified atom stereocenters. The van der Waals surface area contributed by atoms with Crippen LogP contribution in [0, 0.1) is 6.92 Å². The lowest BCUT2D eigenvalue weighted by molar-refractivity contribution is 0.192. The second kappa shape index (κ2) is 13.5. The summed E-state index contributed by atoms with van der Waals surface area (Å²) in [5.74, 6) is 1.04. The molecule has 45 heavy (non-hydrogen) atoms. The maximum Gasteiger partial charge on any atom is 0.359 e. The lowest BCUT2D eigenvalue weighted by Gasteiger charge is -2.22. The van der Waals surface area contributed by atoms with Crippen molar-refractivity contribution in [1.82, 2.24) is 9.55 Å². The lowest BCUT2D eigenvalue weighted by Crippen LogP contribution is -2.15. The van der Waals surface area contributed by atoms with Gasteiger partial charge in [-0.05, 0) is 85.5 Å². The number of rotatable bonds is 10. The first-order valence-corrected chi connectivity index (χ1v) is 17.8. The Morgan fingerprint density at radius 1 is 1.00 bits per heavy atom. The summed E-state index contributed by atoms with van der Waals surface area (Å²) in [6.45, 7) is 6.00. The third-order valence-electron chi connectivity index (χ3n) is 8.88. The Labute approximate surface area is 270 Å². The molecular weight excluding hydrogens is 603 g/mol. The van der Waals surface area contributed by atoms with Gasteiger partial charge < -0.3 is 14.2 Å². The average molecular weight is 643 g/mol. The second-order valence-electron chi connectivity index (χ2n) is 12.1. The summed E-state index contributed by atoms with van der Waals surface area (Å²) < 4.78 is 27.1. The molecule has 0 saturated heterocycles. The van der Waals surface area contributed by atoms with Crippen LogP contribution in [0.4, 0.5) is 0 Å². The highest BCUT2D eigenvalue weighted by Gasteiger charge is 2.28. The highest BCUT2D eigenvalue weighted by molar-refractivity contribution is 7.61. The Bertz CT molecular complexity index is 1830. The van der Waals surface area contributed by atoms with Crippen LogP contribution in [0.1, 0.15) is 75.0 Å². The predicted molar refractivity (Wildman–Crippen MR) is 183 cm³/mol. The molecule has 0 aliphatic heterocycles. The van der Waals surface area contributed by atoms with Gasteiger partial charge >= 0.3 is 13.6 Å². The smallest absolute Gasteiger partial charge is 0.359 e. The van der Waals surface area contributed by atoms with E-state index in [1.54, 1.807) is 32.0 Å². The predicted octanol–water partition coefficient (Wildman–Crippen LogP) is 10.2. The zero-order chi connectivity index (χ0) is 31.6. The monoisotopic (exact) mass is 642 g/mol. The van der Waals surface area contributed by atoms with Crippen molar-refractivity contribution in [1.29, 1.82) is 0 Å². The molecule has 1 aromatic heterocycles. The molecule has 5 aromatic rings. The fraction of sp³-hybridized carbons (Fsp3) is 0.324. The minimum atomic E-state index is -4.07. The molecule has 234 valence electrons. The molecular formula is C37H40ClN2O4P. The highest BCUT2D eigenvalue weighted by Crippen LogP contribution is 2.45. The summed E-state index contributed by atoms with van der Waals surface area (Å²) >= 11 is 6.96. The van der Waals surface area contributed by atoms with Crippen LogP contribution in [-0.4, -0.2) is 20.5 Å². The maximum atomic E-state index is 13.2. The van der Waals surface area contributed by atoms with Gasteiger partial charge in [0.1, 0.15) is 5.75 Å². The van der Waals surface area contributed by atoms with Crippen molar-refractivity contribution in [2.24, 2.45) is 0 Å². The van der Waals surface area contributed by atoms with E-state index in [1.165, 1.54) is 37.7 Å². The van der Waals surface area contributed by atoms with Gasteiger partial charge in [-0.1, -0.05) is 98.5 Å². The van der Waals surface area contributed by atoms with Crippen LogP contribution in [0.25, 0.3) is 22.2 Å². The molecule has 0 bridgehead atoms. The first-order valence-electron chi connectivity index (χ1n) is 15.9. The van der Waals surface area contributed by atoms with Crippen molar-refractivity contribution >= 4 is 35.5 Å². The van der Waals surface area contributed by atoms with Crippen LogP contribution < -0.4 is 10.0 Å². The Balaban J connectivity index is 1.38. The molecule has 1 aliphatic carbocycles. The Kier molecular flexibility index (Phi) is 9.49. The molecule has 0 radical (unpaired) electrons. The number of ether oxygens (including phenoxy) is 1. The average Bonchev–Trinajstić information content (AvgIpc) is 3.37. The Morgan fingerprint density at radius 2 is 1.73 bits per heavy atom. The van der Waals surface area contributed by atoms with Gasteiger partial charge in [-0.25, -0.2) is 0 Å². The molecule has 1 N–H and O–H groups in total. The number of aromatic nitrogens is 2. The van der Waals surface area contributed by atoms with Crippen LogP contribution in [0.2, 0.25) is 5.02 Å². The van der Waals surface area contributed by atoms with Gasteiger partial charge in [0.2, 0.25) is 0 Å². The van der Waals surface area contributed by atoms with E-state index in [0.29, 0.717) is 41.2 Å². The zero-order valence-corrected chi connectivity index (χ0v) is 27.7. The van der Waals surface area contributed by atoms with Crippen LogP contribution in [0.5, 0.6) is 11.8 Å². The van der Waals surface area contributed by atoms with E-state index in [9.17, 15) is 9.46 Å². The molecule has 0 amide bonds. The van der Waals surface area contributed by atoms with E-state index in [0.717, 1.165) is 27.7 Å². The number of fused-ring (bicyclic) bond motifs is 1. The standard InChI is InChI=1S/C37H40ClN2O4P/c1-4-26(3)44-45(41,42)36-21-31(20-15-25(36)2)43-37-39-34-22-32(30-18-16-29(17-19-30)28-13-9-6-10-14-28)33(38)23-35(34)40(37)24-27-11-7-5-8-12-27/h5,7-8,11-12,15-23,26,28H,4,6,9-10,13-14,24H2,1-3H3,(H,41,42). The van der Waals surface area contributed by atoms with E-state index in [4.69, 9.17) is 25.8 Å². The molecule has 6 rings (SSSR count). The SMILES string of the molecule is CCC(C)OP(=O)(O)c1cc(Oc2nc3cc(-c4ccc(C5CCCCC5)cc4)c(Cl)cc3n2Cc2ccccc2)ccc1C. The van der Waals surface area contributed by atoms with E-state index < -0.39 is 7.60 Å². The maximum absolute atomic E-state index is 13.2. The van der Waals surface area contributed by atoms with Crippen LogP contribution in [0.3, 0.4) is 0 Å². The number of imidazole rings is 1. The first kappa shape index (κ1) is 31.6. The van der Waals surface area contributed by atoms with Gasteiger partial charge in [-0.15, -0.1) is 0 Å². The van der Waals surface area contributed by atoms with Crippen LogP contribution in [-0.2, 0) is 15.6 Å². The minimum Gasteiger partial charge on any atom is -0.425 e. The molecule has 0 spiro atoms. The second-order valence-corrected chi connectivity index (χ2v) is 14.3. The van der Waals surface area contributed by atoms with Crippen molar-refractivity contribution in [3.05, 3.63) is 107 Å². The van der Waals surface area contributed by atoms with Gasteiger partial charge in [-0.3, -0.25) is 9.13 Å². The highest BCUT2D eigenvalue weighted by atomic mass is 35.5. The fourth-order valence-electron chi connectivity index (χ4n) is 6.15. The number of nitrogens with zero attached hydrogens (tertiary/aromatic N) is 2. The van der Waals surface area contributed by atoms with E-state index in [1.807, 2.05) is 41.8 Å². The molecule has 2 atom stereocenters. The van der Waals surface area contributed by atoms with E-state index in [-0.39, 0.29) is 11.4 Å². The lowest BCUT2D eigenvalue weighted by atomic mass is 9.84. The summed E-state index contributed by atoms with van der Waals surface area (Å²) in [6.07, 6.45) is 6.74. The van der Waals surface area contributed by atoms with Gasteiger partial charge in [0.15, 0.2) is 0 Å². The zero-order valence-electron chi connectivity index (χ0n) is 26.1. The molecule has 6 nitrogen and oxygen atoms in total.